The van der Waals surface area contributed by atoms with Crippen molar-refractivity contribution in [2.45, 2.75) is 13.0 Å². The molecule has 1 unspecified atom stereocenters. The summed E-state index contributed by atoms with van der Waals surface area (Å²) in [6, 6.07) is -0.537. The van der Waals surface area contributed by atoms with Gasteiger partial charge in [0.15, 0.2) is 0 Å². The Labute approximate surface area is 57.7 Å². The number of hydrogen-bond donors (Lipinski definition) is 1. The molecule has 0 aliphatic heterocycles. The van der Waals surface area contributed by atoms with Crippen molar-refractivity contribution in [1.29, 1.82) is 0 Å². The molecule has 0 saturated heterocycles. The van der Waals surface area contributed by atoms with E-state index in [4.69, 9.17) is 5.73 Å². The molecular weight excluding hydrogens is 262 g/mol. The first-order chi connectivity index (χ1) is 2.64. The molecular formula is C4H8NOW-. The molecule has 0 aromatic rings. The molecule has 7 heavy (non-hydrogen) atoms. The van der Waals surface area contributed by atoms with Gasteiger partial charge in [-0.2, -0.15) is 0 Å². The van der Waals surface area contributed by atoms with E-state index in [1.807, 2.05) is 0 Å². The molecule has 0 saturated carbocycles. The normalized spacial score (nSPS) is 11.9. The van der Waals surface area contributed by atoms with Crippen molar-refractivity contribution in [2.24, 2.45) is 5.73 Å². The fourth-order valence-corrected chi connectivity index (χ4v) is 0. The van der Waals surface area contributed by atoms with Crippen LogP contribution in [0.2, 0.25) is 0 Å². The predicted molar refractivity (Wildman–Crippen MR) is 24.0 cm³/mol. The van der Waals surface area contributed by atoms with Crippen LogP contribution in [0, 0.1) is 6.92 Å². The van der Waals surface area contributed by atoms with E-state index in [0.29, 0.717) is 0 Å². The van der Waals surface area contributed by atoms with Crippen LogP contribution in [0.3, 0.4) is 0 Å². The standard InChI is InChI=1S/C4H8NO.W/c1-3(5)4(2)6;/h3H,1,5H2,2H3;/q-1;. The molecule has 0 bridgehead atoms. The van der Waals surface area contributed by atoms with Gasteiger partial charge in [0.25, 0.3) is 0 Å². The van der Waals surface area contributed by atoms with Crippen molar-refractivity contribution >= 4 is 5.78 Å². The Morgan fingerprint density at radius 3 is 2.00 bits per heavy atom. The zero-order chi connectivity index (χ0) is 5.15. The number of hydrogen-bond acceptors (Lipinski definition) is 2. The van der Waals surface area contributed by atoms with Crippen LogP contribution in [-0.4, -0.2) is 11.8 Å². The third-order valence-electron chi connectivity index (χ3n) is 0.522. The van der Waals surface area contributed by atoms with E-state index < -0.39 is 6.04 Å². The summed E-state index contributed by atoms with van der Waals surface area (Å²) in [4.78, 5) is 9.96. The Morgan fingerprint density at radius 2 is 2.00 bits per heavy atom. The second-order valence-electron chi connectivity index (χ2n) is 1.22. The molecule has 0 aromatic heterocycles. The first kappa shape index (κ1) is 10.3. The van der Waals surface area contributed by atoms with Crippen molar-refractivity contribution in [1.82, 2.24) is 0 Å². The Hall–Kier alpha value is 0.318. The third kappa shape index (κ3) is 6.32. The molecule has 0 spiro atoms. The van der Waals surface area contributed by atoms with E-state index in [0.717, 1.165) is 0 Å². The molecule has 0 aliphatic carbocycles. The molecule has 0 rings (SSSR count). The average molecular weight is 270 g/mol. The Morgan fingerprint density at radius 1 is 1.86 bits per heavy atom. The van der Waals surface area contributed by atoms with Gasteiger partial charge in [-0.3, -0.25) is 0 Å². The SMILES string of the molecule is [CH2-]C(N)C(C)=O.[W]. The fraction of sp³-hybridized carbons (Fsp3) is 0.500. The smallest absolute Gasteiger partial charge is 0.115 e. The van der Waals surface area contributed by atoms with Crippen molar-refractivity contribution in [3.05, 3.63) is 6.92 Å². The Kier molecular flexibility index (Phi) is 6.61. The summed E-state index contributed by atoms with van der Waals surface area (Å²) >= 11 is 0. The van der Waals surface area contributed by atoms with Crippen molar-refractivity contribution in [2.75, 3.05) is 0 Å². The minimum absolute atomic E-state index is 0. The minimum Gasteiger partial charge on any atom is -0.350 e. The molecule has 0 aromatic carbocycles. The van der Waals surface area contributed by atoms with Crippen LogP contribution in [0.25, 0.3) is 0 Å². The van der Waals surface area contributed by atoms with E-state index >= 15 is 0 Å². The summed E-state index contributed by atoms with van der Waals surface area (Å²) in [5, 5.41) is 0. The van der Waals surface area contributed by atoms with E-state index in [2.05, 4.69) is 6.92 Å². The van der Waals surface area contributed by atoms with Gasteiger partial charge in [-0.25, -0.2) is 0 Å². The largest absolute Gasteiger partial charge is 0.350 e. The van der Waals surface area contributed by atoms with Gasteiger partial charge in [-0.1, -0.05) is 6.04 Å². The molecule has 3 heteroatoms. The molecule has 2 nitrogen and oxygen atoms in total. The monoisotopic (exact) mass is 270 g/mol. The van der Waals surface area contributed by atoms with Crippen molar-refractivity contribution < 1.29 is 25.9 Å². The number of nitrogens with two attached hydrogens (primary N) is 1. The Balaban J connectivity index is 0. The molecule has 0 amide bonds. The maximum absolute atomic E-state index is 9.96. The first-order valence-corrected chi connectivity index (χ1v) is 1.73. The molecule has 0 aliphatic rings. The van der Waals surface area contributed by atoms with Crippen LogP contribution < -0.4 is 5.73 Å². The zero-order valence-corrected chi connectivity index (χ0v) is 7.11. The second kappa shape index (κ2) is 4.48. The van der Waals surface area contributed by atoms with Crippen LogP contribution in [-0.2, 0) is 25.9 Å². The summed E-state index contributed by atoms with van der Waals surface area (Å²) < 4.78 is 0. The summed E-state index contributed by atoms with van der Waals surface area (Å²) in [7, 11) is 0. The van der Waals surface area contributed by atoms with Crippen LogP contribution >= 0.6 is 0 Å². The van der Waals surface area contributed by atoms with Gasteiger partial charge in [0.1, 0.15) is 5.78 Å². The van der Waals surface area contributed by atoms with Gasteiger partial charge in [-0.15, -0.1) is 0 Å². The molecule has 42 valence electrons. The quantitative estimate of drug-likeness (QED) is 0.667. The minimum atomic E-state index is -0.537. The van der Waals surface area contributed by atoms with Crippen LogP contribution in [0.15, 0.2) is 0 Å². The number of carbonyl (C=O) groups is 1. The summed E-state index contributed by atoms with van der Waals surface area (Å²) in [6.45, 7) is 4.68. The van der Waals surface area contributed by atoms with Gasteiger partial charge >= 0.3 is 0 Å². The zero-order valence-electron chi connectivity index (χ0n) is 4.18. The number of carbonyl (C=O) groups excluding carboxylic acids is 1. The third-order valence-corrected chi connectivity index (χ3v) is 0.522. The van der Waals surface area contributed by atoms with Gasteiger partial charge in [0.2, 0.25) is 0 Å². The average Bonchev–Trinajstić information content (AvgIpc) is 1.36. The van der Waals surface area contributed by atoms with Gasteiger partial charge in [0, 0.05) is 21.1 Å². The summed E-state index contributed by atoms with van der Waals surface area (Å²) in [5.41, 5.74) is 4.97. The van der Waals surface area contributed by atoms with Crippen LogP contribution in [0.4, 0.5) is 0 Å². The summed E-state index contributed by atoms with van der Waals surface area (Å²) in [6.07, 6.45) is 0. The molecule has 1 atom stereocenters. The van der Waals surface area contributed by atoms with E-state index in [-0.39, 0.29) is 26.8 Å². The first-order valence-electron chi connectivity index (χ1n) is 1.73. The number of rotatable bonds is 1. The van der Waals surface area contributed by atoms with Gasteiger partial charge < -0.3 is 17.5 Å². The predicted octanol–water partition coefficient (Wildman–Crippen LogP) is -0.266. The second-order valence-corrected chi connectivity index (χ2v) is 1.22. The topological polar surface area (TPSA) is 43.1 Å². The maximum Gasteiger partial charge on any atom is 0.115 e. The fourth-order valence-electron chi connectivity index (χ4n) is 0. The van der Waals surface area contributed by atoms with Crippen molar-refractivity contribution in [3.63, 3.8) is 0 Å². The van der Waals surface area contributed by atoms with Crippen molar-refractivity contribution in [3.8, 4) is 0 Å². The Bertz CT molecular complexity index is 62.7. The number of Topliss-reactive ketones (excluding diaryl/α,β-unsaturated/α-hetero) is 1. The molecule has 0 fully saturated rings. The molecule has 2 N–H and O–H groups in total. The van der Waals surface area contributed by atoms with E-state index in [1.165, 1.54) is 6.92 Å². The molecule has 0 heterocycles. The number of ketones is 1. The summed E-state index contributed by atoms with van der Waals surface area (Å²) in [5.74, 6) is -0.0741. The van der Waals surface area contributed by atoms with E-state index in [9.17, 15) is 4.79 Å². The van der Waals surface area contributed by atoms with E-state index in [1.54, 1.807) is 0 Å². The molecule has 0 radical (unpaired) electrons. The van der Waals surface area contributed by atoms with Gasteiger partial charge in [-0.05, 0) is 6.92 Å². The van der Waals surface area contributed by atoms with Crippen LogP contribution in [0.1, 0.15) is 6.92 Å². The maximum atomic E-state index is 9.96. The van der Waals surface area contributed by atoms with Gasteiger partial charge in [0.05, 0.1) is 0 Å². The van der Waals surface area contributed by atoms with Crippen LogP contribution in [0.5, 0.6) is 0 Å².